The lowest BCUT2D eigenvalue weighted by atomic mass is 10.1. The molecule has 0 heterocycles. The van der Waals surface area contributed by atoms with E-state index >= 15 is 0 Å². The number of ketones is 1. The average Bonchev–Trinajstić information content (AvgIpc) is 3.18. The van der Waals surface area contributed by atoms with E-state index in [-0.39, 0.29) is 18.6 Å². The Hall–Kier alpha value is -2.17. The molecule has 5 heteroatoms. The zero-order valence-electron chi connectivity index (χ0n) is 9.59. The standard InChI is InChI=1S/C13H12O5/c14-10(9-4-2-1-3-5-9)8-18-12(17)13(6-7-13)11(15)16/h1-5H,6-8H2,(H,15,16). The molecule has 18 heavy (non-hydrogen) atoms. The van der Waals surface area contributed by atoms with E-state index < -0.39 is 24.0 Å². The van der Waals surface area contributed by atoms with Gasteiger partial charge in [0.2, 0.25) is 0 Å². The normalized spacial score (nSPS) is 15.8. The fourth-order valence-corrected chi connectivity index (χ4v) is 1.61. The van der Waals surface area contributed by atoms with Crippen molar-refractivity contribution in [2.45, 2.75) is 12.8 Å². The molecule has 0 aliphatic heterocycles. The number of carboxylic acids is 1. The van der Waals surface area contributed by atoms with Crippen LogP contribution in [-0.2, 0) is 14.3 Å². The molecule has 0 saturated heterocycles. The first kappa shape index (κ1) is 12.3. The van der Waals surface area contributed by atoms with Gasteiger partial charge in [0, 0.05) is 5.56 Å². The number of carbonyl (C=O) groups excluding carboxylic acids is 2. The van der Waals surface area contributed by atoms with Gasteiger partial charge in [-0.3, -0.25) is 14.4 Å². The lowest BCUT2D eigenvalue weighted by molar-refractivity contribution is -0.160. The van der Waals surface area contributed by atoms with Gasteiger partial charge in [0.25, 0.3) is 0 Å². The number of benzene rings is 1. The maximum Gasteiger partial charge on any atom is 0.323 e. The summed E-state index contributed by atoms with van der Waals surface area (Å²) in [6.07, 6.45) is 0.557. The molecule has 0 spiro atoms. The Morgan fingerprint density at radius 1 is 1.17 bits per heavy atom. The number of ether oxygens (including phenoxy) is 1. The molecule has 1 aromatic carbocycles. The molecular weight excluding hydrogens is 236 g/mol. The molecule has 94 valence electrons. The van der Waals surface area contributed by atoms with Crippen LogP contribution in [0.4, 0.5) is 0 Å². The lowest BCUT2D eigenvalue weighted by Crippen LogP contribution is -2.29. The van der Waals surface area contributed by atoms with Crippen molar-refractivity contribution in [1.29, 1.82) is 0 Å². The average molecular weight is 248 g/mol. The minimum atomic E-state index is -1.41. The molecule has 2 rings (SSSR count). The summed E-state index contributed by atoms with van der Waals surface area (Å²) in [6, 6.07) is 8.40. The highest BCUT2D eigenvalue weighted by Gasteiger charge is 2.58. The second-order valence-electron chi connectivity index (χ2n) is 4.25. The van der Waals surface area contributed by atoms with Gasteiger partial charge in [-0.2, -0.15) is 0 Å². The monoisotopic (exact) mass is 248 g/mol. The molecule has 1 N–H and O–H groups in total. The topological polar surface area (TPSA) is 80.7 Å². The molecule has 0 unspecified atom stereocenters. The van der Waals surface area contributed by atoms with Crippen molar-refractivity contribution in [1.82, 2.24) is 0 Å². The predicted octanol–water partition coefficient (Wildman–Crippen LogP) is 1.28. The molecule has 1 aliphatic carbocycles. The van der Waals surface area contributed by atoms with Gasteiger partial charge >= 0.3 is 11.9 Å². The van der Waals surface area contributed by atoms with Crippen LogP contribution in [0.3, 0.4) is 0 Å². The first-order valence-corrected chi connectivity index (χ1v) is 5.55. The van der Waals surface area contributed by atoms with Crippen molar-refractivity contribution in [3.8, 4) is 0 Å². The van der Waals surface area contributed by atoms with Gasteiger partial charge in [-0.1, -0.05) is 30.3 Å². The molecule has 0 amide bonds. The van der Waals surface area contributed by atoms with Gasteiger partial charge in [0.15, 0.2) is 17.8 Å². The van der Waals surface area contributed by atoms with Crippen molar-refractivity contribution in [2.75, 3.05) is 6.61 Å². The largest absolute Gasteiger partial charge is 0.480 e. The zero-order valence-corrected chi connectivity index (χ0v) is 9.59. The highest BCUT2D eigenvalue weighted by molar-refractivity contribution is 6.04. The third kappa shape index (κ3) is 2.25. The molecule has 1 aromatic rings. The second kappa shape index (κ2) is 4.60. The Morgan fingerprint density at radius 2 is 1.78 bits per heavy atom. The summed E-state index contributed by atoms with van der Waals surface area (Å²) in [4.78, 5) is 34.0. The number of aliphatic carboxylic acids is 1. The number of esters is 1. The van der Waals surface area contributed by atoms with E-state index in [4.69, 9.17) is 9.84 Å². The van der Waals surface area contributed by atoms with Crippen molar-refractivity contribution >= 4 is 17.7 Å². The van der Waals surface area contributed by atoms with Crippen LogP contribution in [0.25, 0.3) is 0 Å². The summed E-state index contributed by atoms with van der Waals surface area (Å²) >= 11 is 0. The van der Waals surface area contributed by atoms with E-state index in [0.717, 1.165) is 0 Å². The molecule has 5 nitrogen and oxygen atoms in total. The number of hydrogen-bond acceptors (Lipinski definition) is 4. The van der Waals surface area contributed by atoms with Crippen LogP contribution in [0, 0.1) is 5.41 Å². The molecule has 1 fully saturated rings. The number of carbonyl (C=O) groups is 3. The lowest BCUT2D eigenvalue weighted by Gasteiger charge is -2.09. The maximum atomic E-state index is 11.6. The van der Waals surface area contributed by atoms with Crippen LogP contribution >= 0.6 is 0 Å². The van der Waals surface area contributed by atoms with Crippen LogP contribution in [0.15, 0.2) is 30.3 Å². The molecule has 1 saturated carbocycles. The highest BCUT2D eigenvalue weighted by atomic mass is 16.5. The van der Waals surface area contributed by atoms with E-state index in [9.17, 15) is 14.4 Å². The van der Waals surface area contributed by atoms with E-state index in [1.807, 2.05) is 0 Å². The van der Waals surface area contributed by atoms with Crippen molar-refractivity contribution in [3.63, 3.8) is 0 Å². The summed E-state index contributed by atoms with van der Waals surface area (Å²) in [5, 5.41) is 8.87. The third-order valence-corrected chi connectivity index (χ3v) is 2.98. The minimum absolute atomic E-state index is 0.278. The van der Waals surface area contributed by atoms with Gasteiger partial charge in [-0.15, -0.1) is 0 Å². The van der Waals surface area contributed by atoms with Crippen LogP contribution in [-0.4, -0.2) is 29.4 Å². The predicted molar refractivity (Wildman–Crippen MR) is 61.0 cm³/mol. The molecule has 0 radical (unpaired) electrons. The van der Waals surface area contributed by atoms with Gasteiger partial charge < -0.3 is 9.84 Å². The van der Waals surface area contributed by atoms with E-state index in [0.29, 0.717) is 5.56 Å². The smallest absolute Gasteiger partial charge is 0.323 e. The van der Waals surface area contributed by atoms with Gasteiger partial charge in [0.1, 0.15) is 0 Å². The minimum Gasteiger partial charge on any atom is -0.480 e. The molecule has 1 aliphatic rings. The summed E-state index contributed by atoms with van der Waals surface area (Å²) in [7, 11) is 0. The van der Waals surface area contributed by atoms with Crippen molar-refractivity contribution in [2.24, 2.45) is 5.41 Å². The maximum absolute atomic E-state index is 11.6. The SMILES string of the molecule is O=C(COC(=O)C1(C(=O)O)CC1)c1ccccc1. The highest BCUT2D eigenvalue weighted by Crippen LogP contribution is 2.46. The molecule has 0 aromatic heterocycles. The third-order valence-electron chi connectivity index (χ3n) is 2.98. The molecule has 0 bridgehead atoms. The van der Waals surface area contributed by atoms with Crippen LogP contribution < -0.4 is 0 Å². The van der Waals surface area contributed by atoms with E-state index in [2.05, 4.69) is 0 Å². The Labute approximate surface area is 103 Å². The number of Topliss-reactive ketones (excluding diaryl/α,β-unsaturated/α-hetero) is 1. The van der Waals surface area contributed by atoms with E-state index in [1.54, 1.807) is 30.3 Å². The summed E-state index contributed by atoms with van der Waals surface area (Å²) in [5.74, 6) is -2.34. The van der Waals surface area contributed by atoms with Gasteiger partial charge in [-0.05, 0) is 12.8 Å². The second-order valence-corrected chi connectivity index (χ2v) is 4.25. The Bertz CT molecular complexity index is 487. The van der Waals surface area contributed by atoms with Gasteiger partial charge in [-0.25, -0.2) is 0 Å². The zero-order chi connectivity index (χ0) is 13.2. The van der Waals surface area contributed by atoms with Gasteiger partial charge in [0.05, 0.1) is 0 Å². The number of carboxylic acid groups (broad SMARTS) is 1. The summed E-state index contributed by atoms with van der Waals surface area (Å²) in [6.45, 7) is -0.419. The fraction of sp³-hybridized carbons (Fsp3) is 0.308. The Balaban J connectivity index is 1.91. The number of hydrogen-bond donors (Lipinski definition) is 1. The van der Waals surface area contributed by atoms with Crippen LogP contribution in [0.2, 0.25) is 0 Å². The summed E-state index contributed by atoms with van der Waals surface area (Å²) in [5.41, 5.74) is -0.970. The first-order chi connectivity index (χ1) is 8.56. The molecule has 0 atom stereocenters. The Morgan fingerprint density at radius 3 is 2.28 bits per heavy atom. The fourth-order valence-electron chi connectivity index (χ4n) is 1.61. The Kier molecular flexibility index (Phi) is 3.14. The van der Waals surface area contributed by atoms with Crippen LogP contribution in [0.5, 0.6) is 0 Å². The van der Waals surface area contributed by atoms with E-state index in [1.165, 1.54) is 0 Å². The first-order valence-electron chi connectivity index (χ1n) is 5.55. The quantitative estimate of drug-likeness (QED) is 0.482. The molecular formula is C13H12O5. The van der Waals surface area contributed by atoms with Crippen LogP contribution in [0.1, 0.15) is 23.2 Å². The van der Waals surface area contributed by atoms with Crippen molar-refractivity contribution in [3.05, 3.63) is 35.9 Å². The summed E-state index contributed by atoms with van der Waals surface area (Å²) < 4.78 is 4.78. The van der Waals surface area contributed by atoms with Crippen molar-refractivity contribution < 1.29 is 24.2 Å². The number of rotatable bonds is 5.